The molecule has 6 heteroatoms. The molecule has 98 valence electrons. The summed E-state index contributed by atoms with van der Waals surface area (Å²) in [5, 5.41) is 2.42. The average Bonchev–Trinajstić information content (AvgIpc) is 3.04. The molecule has 0 bridgehead atoms. The van der Waals surface area contributed by atoms with Gasteiger partial charge in [-0.1, -0.05) is 6.07 Å². The zero-order valence-corrected chi connectivity index (χ0v) is 10.9. The third kappa shape index (κ3) is 2.13. The molecule has 0 spiro atoms. The van der Waals surface area contributed by atoms with Gasteiger partial charge in [-0.3, -0.25) is 4.79 Å². The van der Waals surface area contributed by atoms with Crippen LogP contribution in [0.15, 0.2) is 23.6 Å². The summed E-state index contributed by atoms with van der Waals surface area (Å²) in [5.74, 6) is -0.528. The summed E-state index contributed by atoms with van der Waals surface area (Å²) in [5.41, 5.74) is 7.50. The molecule has 4 nitrogen and oxygen atoms in total. The zero-order chi connectivity index (χ0) is 13.4. The lowest BCUT2D eigenvalue weighted by Crippen LogP contribution is -2.29. The van der Waals surface area contributed by atoms with E-state index in [1.807, 2.05) is 0 Å². The first-order valence-electron chi connectivity index (χ1n) is 5.94. The lowest BCUT2D eigenvalue weighted by atomic mass is 10.2. The molecule has 2 aromatic rings. The number of nitrogens with zero attached hydrogens (tertiary/aromatic N) is 2. The lowest BCUT2D eigenvalue weighted by molar-refractivity contribution is 0.0985. The minimum Gasteiger partial charge on any atom is -0.325 e. The summed E-state index contributed by atoms with van der Waals surface area (Å²) in [6.45, 7) is 0.885. The fraction of sp³-hybridized carbons (Fsp3) is 0.231. The number of nitrogens with two attached hydrogens (primary N) is 1. The zero-order valence-electron chi connectivity index (χ0n) is 10.1. The molecule has 1 aliphatic heterocycles. The molecule has 0 atom stereocenters. The van der Waals surface area contributed by atoms with Crippen molar-refractivity contribution in [1.29, 1.82) is 0 Å². The molecule has 1 aliphatic rings. The van der Waals surface area contributed by atoms with E-state index < -0.39 is 0 Å². The van der Waals surface area contributed by atoms with E-state index in [-0.39, 0.29) is 11.7 Å². The number of amides is 1. The standard InChI is InChI=1S/C13H12FN3OS/c14-9-2-1-8-3-4-17(11(8)5-9)13(18)10-7-19-12(6-15)16-10/h1-2,5,7H,3-4,6,15H2. The fourth-order valence-electron chi connectivity index (χ4n) is 2.20. The molecule has 0 aliphatic carbocycles. The summed E-state index contributed by atoms with van der Waals surface area (Å²) in [6.07, 6.45) is 0.745. The Balaban J connectivity index is 1.92. The van der Waals surface area contributed by atoms with Crippen LogP contribution in [0.2, 0.25) is 0 Å². The number of halogens is 1. The maximum atomic E-state index is 13.3. The van der Waals surface area contributed by atoms with E-state index in [1.165, 1.54) is 23.5 Å². The van der Waals surface area contributed by atoms with Crippen molar-refractivity contribution in [3.63, 3.8) is 0 Å². The Kier molecular flexibility index (Phi) is 3.04. The lowest BCUT2D eigenvalue weighted by Gasteiger charge is -2.15. The van der Waals surface area contributed by atoms with Crippen LogP contribution >= 0.6 is 11.3 Å². The van der Waals surface area contributed by atoms with Crippen LogP contribution in [0.4, 0.5) is 10.1 Å². The number of hydrogen-bond acceptors (Lipinski definition) is 4. The molecule has 0 saturated heterocycles. The molecule has 0 fully saturated rings. The first kappa shape index (κ1) is 12.3. The van der Waals surface area contributed by atoms with Gasteiger partial charge in [0, 0.05) is 18.5 Å². The van der Waals surface area contributed by atoms with Gasteiger partial charge in [-0.25, -0.2) is 9.37 Å². The van der Waals surface area contributed by atoms with E-state index >= 15 is 0 Å². The van der Waals surface area contributed by atoms with Crippen molar-refractivity contribution in [2.24, 2.45) is 5.73 Å². The van der Waals surface area contributed by atoms with Crippen molar-refractivity contribution in [3.05, 3.63) is 45.7 Å². The number of carbonyl (C=O) groups excluding carboxylic acids is 1. The molecule has 1 amide bonds. The smallest absolute Gasteiger partial charge is 0.277 e. The van der Waals surface area contributed by atoms with Crippen LogP contribution in [-0.4, -0.2) is 17.4 Å². The van der Waals surface area contributed by atoms with Crippen molar-refractivity contribution < 1.29 is 9.18 Å². The van der Waals surface area contributed by atoms with E-state index in [0.29, 0.717) is 24.5 Å². The van der Waals surface area contributed by atoms with Crippen LogP contribution in [0.25, 0.3) is 0 Å². The van der Waals surface area contributed by atoms with Gasteiger partial charge in [0.2, 0.25) is 0 Å². The maximum Gasteiger partial charge on any atom is 0.277 e. The Morgan fingerprint density at radius 2 is 2.37 bits per heavy atom. The second-order valence-electron chi connectivity index (χ2n) is 4.31. The van der Waals surface area contributed by atoms with Gasteiger partial charge in [-0.05, 0) is 24.1 Å². The topological polar surface area (TPSA) is 59.2 Å². The summed E-state index contributed by atoms with van der Waals surface area (Å²) >= 11 is 1.36. The van der Waals surface area contributed by atoms with E-state index in [2.05, 4.69) is 4.98 Å². The normalized spacial score (nSPS) is 13.7. The van der Waals surface area contributed by atoms with Crippen LogP contribution < -0.4 is 10.6 Å². The van der Waals surface area contributed by atoms with Gasteiger partial charge in [0.15, 0.2) is 0 Å². The predicted molar refractivity (Wildman–Crippen MR) is 71.8 cm³/mol. The summed E-state index contributed by atoms with van der Waals surface area (Å²) < 4.78 is 13.3. The quantitative estimate of drug-likeness (QED) is 0.912. The number of thiazole rings is 1. The molecule has 1 aromatic carbocycles. The van der Waals surface area contributed by atoms with Crippen molar-refractivity contribution in [3.8, 4) is 0 Å². The van der Waals surface area contributed by atoms with Gasteiger partial charge >= 0.3 is 0 Å². The van der Waals surface area contributed by atoms with Crippen molar-refractivity contribution in [1.82, 2.24) is 4.98 Å². The molecule has 19 heavy (non-hydrogen) atoms. The molecule has 0 radical (unpaired) electrons. The third-order valence-electron chi connectivity index (χ3n) is 3.13. The van der Waals surface area contributed by atoms with Crippen LogP contribution in [0, 0.1) is 5.82 Å². The maximum absolute atomic E-state index is 13.3. The molecule has 1 aromatic heterocycles. The monoisotopic (exact) mass is 277 g/mol. The minimum absolute atomic E-state index is 0.194. The van der Waals surface area contributed by atoms with Crippen molar-refractivity contribution in [2.45, 2.75) is 13.0 Å². The summed E-state index contributed by atoms with van der Waals surface area (Å²) in [4.78, 5) is 18.1. The largest absolute Gasteiger partial charge is 0.325 e. The Hall–Kier alpha value is -1.79. The number of aromatic nitrogens is 1. The van der Waals surface area contributed by atoms with Gasteiger partial charge in [0.25, 0.3) is 5.91 Å². The third-order valence-corrected chi connectivity index (χ3v) is 4.00. The summed E-state index contributed by atoms with van der Waals surface area (Å²) in [6, 6.07) is 4.54. The van der Waals surface area contributed by atoms with Gasteiger partial charge in [0.05, 0.1) is 5.69 Å². The molecule has 0 unspecified atom stereocenters. The van der Waals surface area contributed by atoms with E-state index in [9.17, 15) is 9.18 Å². The Bertz CT molecular complexity index is 641. The molecular weight excluding hydrogens is 265 g/mol. The van der Waals surface area contributed by atoms with Crippen LogP contribution in [0.3, 0.4) is 0 Å². The number of anilines is 1. The van der Waals surface area contributed by atoms with Crippen LogP contribution in [-0.2, 0) is 13.0 Å². The van der Waals surface area contributed by atoms with Crippen molar-refractivity contribution in [2.75, 3.05) is 11.4 Å². The fourth-order valence-corrected chi connectivity index (χ4v) is 2.85. The minimum atomic E-state index is -0.334. The molecule has 0 saturated carbocycles. The Morgan fingerprint density at radius 1 is 1.53 bits per heavy atom. The number of benzene rings is 1. The Morgan fingerprint density at radius 3 is 3.11 bits per heavy atom. The van der Waals surface area contributed by atoms with E-state index in [1.54, 1.807) is 16.3 Å². The average molecular weight is 277 g/mol. The SMILES string of the molecule is NCc1nc(C(=O)N2CCc3ccc(F)cc32)cs1. The molecular formula is C13H12FN3OS. The molecule has 3 rings (SSSR count). The second kappa shape index (κ2) is 4.71. The van der Waals surface area contributed by atoms with Gasteiger partial charge in [0.1, 0.15) is 16.5 Å². The van der Waals surface area contributed by atoms with E-state index in [0.717, 1.165) is 17.0 Å². The van der Waals surface area contributed by atoms with Gasteiger partial charge < -0.3 is 10.6 Å². The highest BCUT2D eigenvalue weighted by Crippen LogP contribution is 2.30. The van der Waals surface area contributed by atoms with Crippen LogP contribution in [0.1, 0.15) is 21.1 Å². The van der Waals surface area contributed by atoms with Gasteiger partial charge in [-0.15, -0.1) is 11.3 Å². The molecule has 2 N–H and O–H groups in total. The number of carbonyl (C=O) groups is 1. The summed E-state index contributed by atoms with van der Waals surface area (Å²) in [7, 11) is 0. The van der Waals surface area contributed by atoms with E-state index in [4.69, 9.17) is 5.73 Å². The van der Waals surface area contributed by atoms with Crippen molar-refractivity contribution >= 4 is 22.9 Å². The number of rotatable bonds is 2. The highest BCUT2D eigenvalue weighted by atomic mass is 32.1. The first-order chi connectivity index (χ1) is 9.19. The van der Waals surface area contributed by atoms with Crippen LogP contribution in [0.5, 0.6) is 0 Å². The number of fused-ring (bicyclic) bond motifs is 1. The Labute approximate surface area is 113 Å². The highest BCUT2D eigenvalue weighted by Gasteiger charge is 2.27. The second-order valence-corrected chi connectivity index (χ2v) is 5.25. The van der Waals surface area contributed by atoms with Gasteiger partial charge in [-0.2, -0.15) is 0 Å². The predicted octanol–water partition coefficient (Wildman–Crippen LogP) is 1.94. The first-order valence-corrected chi connectivity index (χ1v) is 6.82. The highest BCUT2D eigenvalue weighted by molar-refractivity contribution is 7.09. The number of hydrogen-bond donors (Lipinski definition) is 1. The molecule has 2 heterocycles.